The van der Waals surface area contributed by atoms with Crippen LogP contribution in [0.3, 0.4) is 0 Å². The van der Waals surface area contributed by atoms with Gasteiger partial charge in [-0.15, -0.1) is 0 Å². The number of amides is 4. The van der Waals surface area contributed by atoms with Crippen molar-refractivity contribution in [2.24, 2.45) is 17.8 Å². The fourth-order valence-electron chi connectivity index (χ4n) is 6.08. The van der Waals surface area contributed by atoms with Crippen LogP contribution in [0.25, 0.3) is 0 Å². The second kappa shape index (κ2) is 17.7. The summed E-state index contributed by atoms with van der Waals surface area (Å²) in [6, 6.07) is -1.73. The molecule has 0 aromatic carbocycles. The Balaban J connectivity index is 3.08. The molecule has 1 aliphatic rings. The van der Waals surface area contributed by atoms with Crippen LogP contribution < -0.4 is 5.32 Å². The Morgan fingerprint density at radius 2 is 1.60 bits per heavy atom. The minimum atomic E-state index is -0.990. The maximum Gasteiger partial charge on any atom is 0.410 e. The van der Waals surface area contributed by atoms with Gasteiger partial charge in [-0.3, -0.25) is 24.1 Å². The first kappa shape index (κ1) is 40.1. The van der Waals surface area contributed by atoms with Crippen LogP contribution in [0.1, 0.15) is 81.1 Å². The third-order valence-corrected chi connectivity index (χ3v) is 8.69. The highest BCUT2D eigenvalue weighted by Gasteiger charge is 2.42. The van der Waals surface area contributed by atoms with Crippen LogP contribution >= 0.6 is 0 Å². The van der Waals surface area contributed by atoms with Gasteiger partial charge < -0.3 is 34.4 Å². The summed E-state index contributed by atoms with van der Waals surface area (Å²) in [7, 11) is 6.08. The van der Waals surface area contributed by atoms with Gasteiger partial charge in [-0.05, 0) is 52.4 Å². The third kappa shape index (κ3) is 11.1. The average molecular weight is 643 g/mol. The van der Waals surface area contributed by atoms with Crippen molar-refractivity contribution in [3.63, 3.8) is 0 Å². The summed E-state index contributed by atoms with van der Waals surface area (Å²) in [6.45, 7) is 14.5. The second-order valence-corrected chi connectivity index (χ2v) is 13.5. The highest BCUT2D eigenvalue weighted by atomic mass is 16.6. The van der Waals surface area contributed by atoms with E-state index >= 15 is 0 Å². The molecule has 13 nitrogen and oxygen atoms in total. The fourth-order valence-corrected chi connectivity index (χ4v) is 6.08. The third-order valence-electron chi connectivity index (χ3n) is 8.69. The van der Waals surface area contributed by atoms with Crippen LogP contribution in [0.15, 0.2) is 0 Å². The number of hydrogen-bond acceptors (Lipinski definition) is 8. The Labute approximate surface area is 269 Å². The SMILES string of the molecule is CCC(C)C(C(CC(=O)N1CCCC1C(OC)C(C)C(=O)O)OC)N(C)C(=O)CNC(=O)C(C(C)C)N(C)C(=O)OC(C)(C)C. The summed E-state index contributed by atoms with van der Waals surface area (Å²) in [5.74, 6) is -3.15. The molecule has 7 unspecified atom stereocenters. The van der Waals surface area contributed by atoms with E-state index < -0.39 is 53.8 Å². The molecule has 7 atom stereocenters. The summed E-state index contributed by atoms with van der Waals surface area (Å²) in [5, 5.41) is 12.2. The number of likely N-dealkylation sites (N-methyl/N-ethyl adjacent to an activating group) is 2. The molecule has 1 heterocycles. The zero-order valence-electron chi connectivity index (χ0n) is 29.4. The molecule has 1 aliphatic heterocycles. The number of rotatable bonds is 16. The van der Waals surface area contributed by atoms with E-state index in [9.17, 15) is 29.1 Å². The van der Waals surface area contributed by atoms with Crippen molar-refractivity contribution in [2.45, 2.75) is 117 Å². The summed E-state index contributed by atoms with van der Waals surface area (Å²) < 4.78 is 16.8. The van der Waals surface area contributed by atoms with Crippen LogP contribution in [-0.4, -0.2) is 127 Å². The van der Waals surface area contributed by atoms with Gasteiger partial charge in [0, 0.05) is 34.9 Å². The van der Waals surface area contributed by atoms with Gasteiger partial charge in [0.15, 0.2) is 0 Å². The quantitative estimate of drug-likeness (QED) is 0.259. The zero-order chi connectivity index (χ0) is 34.8. The molecule has 4 amide bonds. The van der Waals surface area contributed by atoms with Gasteiger partial charge in [0.2, 0.25) is 17.7 Å². The molecule has 0 aromatic heterocycles. The smallest absolute Gasteiger partial charge is 0.410 e. The summed E-state index contributed by atoms with van der Waals surface area (Å²) >= 11 is 0. The number of methoxy groups -OCH3 is 2. The molecule has 1 rings (SSSR count). The molecule has 0 saturated carbocycles. The predicted octanol–water partition coefficient (Wildman–Crippen LogP) is 3.00. The van der Waals surface area contributed by atoms with E-state index in [1.165, 1.54) is 31.1 Å². The number of hydrogen-bond donors (Lipinski definition) is 2. The first-order valence-corrected chi connectivity index (χ1v) is 15.9. The monoisotopic (exact) mass is 642 g/mol. The molecule has 1 saturated heterocycles. The molecule has 2 N–H and O–H groups in total. The molecule has 13 heteroatoms. The van der Waals surface area contributed by atoms with Gasteiger partial charge in [-0.1, -0.05) is 34.1 Å². The van der Waals surface area contributed by atoms with Gasteiger partial charge in [0.1, 0.15) is 11.6 Å². The molecule has 260 valence electrons. The Kier molecular flexibility index (Phi) is 15.8. The van der Waals surface area contributed by atoms with Crippen LogP contribution in [0.2, 0.25) is 0 Å². The number of carbonyl (C=O) groups excluding carboxylic acids is 4. The predicted molar refractivity (Wildman–Crippen MR) is 169 cm³/mol. The Morgan fingerprint density at radius 1 is 1.00 bits per heavy atom. The molecule has 0 radical (unpaired) electrons. The lowest BCUT2D eigenvalue weighted by atomic mass is 9.90. The molecule has 0 bridgehead atoms. The van der Waals surface area contributed by atoms with E-state index in [1.807, 2.05) is 13.8 Å². The second-order valence-electron chi connectivity index (χ2n) is 13.5. The van der Waals surface area contributed by atoms with E-state index in [2.05, 4.69) is 5.32 Å². The lowest BCUT2D eigenvalue weighted by molar-refractivity contribution is -0.151. The molecule has 0 spiro atoms. The average Bonchev–Trinajstić information content (AvgIpc) is 3.43. The highest BCUT2D eigenvalue weighted by molar-refractivity contribution is 5.89. The minimum Gasteiger partial charge on any atom is -0.481 e. The van der Waals surface area contributed by atoms with Crippen LogP contribution in [0.5, 0.6) is 0 Å². The Morgan fingerprint density at radius 3 is 2.07 bits per heavy atom. The van der Waals surface area contributed by atoms with Crippen LogP contribution in [0, 0.1) is 17.8 Å². The normalized spacial score (nSPS) is 19.2. The van der Waals surface area contributed by atoms with E-state index in [0.29, 0.717) is 19.4 Å². The number of ether oxygens (including phenoxy) is 3. The maximum absolute atomic E-state index is 13.6. The topological polar surface area (TPSA) is 155 Å². The van der Waals surface area contributed by atoms with Gasteiger partial charge in [0.25, 0.3) is 0 Å². The van der Waals surface area contributed by atoms with Gasteiger partial charge in [-0.2, -0.15) is 0 Å². The number of nitrogens with zero attached hydrogens (tertiary/aromatic N) is 3. The molecule has 1 fully saturated rings. The lowest BCUT2D eigenvalue weighted by Crippen LogP contribution is -2.56. The summed E-state index contributed by atoms with van der Waals surface area (Å²) in [4.78, 5) is 69.1. The number of nitrogens with one attached hydrogen (secondary N) is 1. The molecular weight excluding hydrogens is 584 g/mol. The number of carbonyl (C=O) groups is 5. The Hall–Kier alpha value is -2.93. The molecule has 0 aliphatic carbocycles. The van der Waals surface area contributed by atoms with Crippen molar-refractivity contribution in [1.29, 1.82) is 0 Å². The highest BCUT2D eigenvalue weighted by Crippen LogP contribution is 2.29. The van der Waals surface area contributed by atoms with E-state index in [1.54, 1.807) is 53.5 Å². The molecular formula is C32H58N4O9. The number of carboxylic acids is 1. The molecule has 0 aromatic rings. The zero-order valence-corrected chi connectivity index (χ0v) is 29.4. The first-order chi connectivity index (χ1) is 20.8. The van der Waals surface area contributed by atoms with Gasteiger partial charge >= 0.3 is 12.1 Å². The number of carboxylic acid groups (broad SMARTS) is 1. The van der Waals surface area contributed by atoms with Crippen molar-refractivity contribution < 1.29 is 43.3 Å². The van der Waals surface area contributed by atoms with Crippen molar-refractivity contribution >= 4 is 29.8 Å². The van der Waals surface area contributed by atoms with Crippen LogP contribution in [-0.2, 0) is 33.4 Å². The summed E-state index contributed by atoms with van der Waals surface area (Å²) in [5.41, 5.74) is -0.732. The maximum atomic E-state index is 13.6. The first-order valence-electron chi connectivity index (χ1n) is 15.9. The van der Waals surface area contributed by atoms with Gasteiger partial charge in [-0.25, -0.2) is 4.79 Å². The van der Waals surface area contributed by atoms with Gasteiger partial charge in [0.05, 0.1) is 43.2 Å². The lowest BCUT2D eigenvalue weighted by Gasteiger charge is -2.39. The van der Waals surface area contributed by atoms with E-state index in [4.69, 9.17) is 14.2 Å². The minimum absolute atomic E-state index is 0.0139. The van der Waals surface area contributed by atoms with Crippen molar-refractivity contribution in [2.75, 3.05) is 41.4 Å². The standard InChI is InChI=1S/C32H58N4O9/c1-13-20(4)27(23(43-11)17-24(37)36-16-14-15-22(36)28(44-12)21(5)30(40)41)34(9)25(38)18-33-29(39)26(19(2)3)35(10)31(42)45-32(6,7)8/h19-23,26-28H,13-18H2,1-12H3,(H,33,39)(H,40,41). The Bertz CT molecular complexity index is 1020. The fraction of sp³-hybridized carbons (Fsp3) is 0.844. The van der Waals surface area contributed by atoms with E-state index in [-0.39, 0.29) is 42.7 Å². The van der Waals surface area contributed by atoms with Crippen molar-refractivity contribution in [3.05, 3.63) is 0 Å². The van der Waals surface area contributed by atoms with Crippen LogP contribution in [0.4, 0.5) is 4.79 Å². The number of aliphatic carboxylic acids is 1. The van der Waals surface area contributed by atoms with E-state index in [0.717, 1.165) is 6.42 Å². The number of likely N-dealkylation sites (tertiary alicyclic amines) is 1. The van der Waals surface area contributed by atoms with Crippen molar-refractivity contribution in [3.8, 4) is 0 Å². The van der Waals surface area contributed by atoms with Crippen molar-refractivity contribution in [1.82, 2.24) is 20.0 Å². The summed E-state index contributed by atoms with van der Waals surface area (Å²) in [6.07, 6.45) is 0.0990. The largest absolute Gasteiger partial charge is 0.481 e. The molecule has 45 heavy (non-hydrogen) atoms.